The van der Waals surface area contributed by atoms with Crippen molar-refractivity contribution in [2.24, 2.45) is 10.8 Å². The van der Waals surface area contributed by atoms with Crippen molar-refractivity contribution in [1.29, 1.82) is 0 Å². The molecule has 0 radical (unpaired) electrons. The Bertz CT molecular complexity index is 1140. The maximum Gasteiger partial charge on any atom is 0.305 e. The average Bonchev–Trinajstić information content (AvgIpc) is 2.74. The maximum atomic E-state index is 13.7. The summed E-state index contributed by atoms with van der Waals surface area (Å²) in [5.41, 5.74) is 3.26. The third kappa shape index (κ3) is 4.91. The summed E-state index contributed by atoms with van der Waals surface area (Å²) in [7, 11) is 0. The number of rotatable bonds is 6. The molecule has 0 amide bonds. The lowest BCUT2D eigenvalue weighted by atomic mass is 9.63. The predicted octanol–water partition coefficient (Wildman–Crippen LogP) is 4.86. The second-order valence-corrected chi connectivity index (χ2v) is 11.4. The third-order valence-corrected chi connectivity index (χ3v) is 7.08. The molecule has 0 saturated carbocycles. The Balaban J connectivity index is 1.95. The zero-order chi connectivity index (χ0) is 25.5. The van der Waals surface area contributed by atoms with E-state index in [4.69, 9.17) is 11.2 Å². The smallest absolute Gasteiger partial charge is 0.305 e. The molecule has 35 heavy (non-hydrogen) atoms. The number of aliphatic carboxylic acids is 1. The molecule has 6 heteroatoms. The number of hydrogen-bond acceptors (Lipinski definition) is 5. The number of hydrogen-bond donors (Lipinski definition) is 1. The summed E-state index contributed by atoms with van der Waals surface area (Å²) in [6.07, 6.45) is 7.33. The summed E-state index contributed by atoms with van der Waals surface area (Å²) >= 11 is 0. The first kappa shape index (κ1) is 24.8. The van der Waals surface area contributed by atoms with Crippen LogP contribution in [-0.2, 0) is 14.4 Å². The topological polar surface area (TPSA) is 83.9 Å². The molecule has 1 N–H and O–H groups in total. The van der Waals surface area contributed by atoms with Gasteiger partial charge in [0.2, 0.25) is 0 Å². The molecule has 0 unspecified atom stereocenters. The molecule has 184 valence electrons. The second-order valence-electron chi connectivity index (χ2n) is 11.4. The summed E-state index contributed by atoms with van der Waals surface area (Å²) in [5.74, 6) is 1.68. The van der Waals surface area contributed by atoms with Crippen molar-refractivity contribution in [3.05, 3.63) is 52.4 Å². The van der Waals surface area contributed by atoms with Crippen LogP contribution in [0.3, 0.4) is 0 Å². The molecule has 0 aromatic heterocycles. The van der Waals surface area contributed by atoms with Gasteiger partial charge in [0.1, 0.15) is 12.4 Å². The quantitative estimate of drug-likeness (QED) is 0.592. The minimum absolute atomic E-state index is 0.0145. The van der Waals surface area contributed by atoms with Gasteiger partial charge in [-0.2, -0.15) is 0 Å². The molecule has 1 aliphatic heterocycles. The van der Waals surface area contributed by atoms with Crippen LogP contribution in [0.1, 0.15) is 71.3 Å². The monoisotopic (exact) mass is 475 g/mol. The van der Waals surface area contributed by atoms with Crippen LogP contribution in [0.4, 0.5) is 0 Å². The van der Waals surface area contributed by atoms with Crippen LogP contribution >= 0.6 is 0 Å². The summed E-state index contributed by atoms with van der Waals surface area (Å²) in [4.78, 5) is 40.9. The standard InChI is InChI=1S/C29H33NO5/c1-6-12-35-19-9-7-8-18(13-19)25-26-20(14-28(2,3)16-22(26)31)30(11-10-24(33)34)21-15-29(4,5)17-23(32)27(21)25/h1,7-9,13,25H,10-12,14-17H2,2-5H3,(H,33,34). The number of carboxylic acid groups (broad SMARTS) is 1. The van der Waals surface area contributed by atoms with Gasteiger partial charge in [-0.05, 0) is 41.4 Å². The molecule has 4 rings (SSSR count). The zero-order valence-corrected chi connectivity index (χ0v) is 20.9. The number of nitrogens with zero attached hydrogens (tertiary/aromatic N) is 1. The number of Topliss-reactive ketones (excluding diaryl/α,β-unsaturated/α-hetero) is 2. The van der Waals surface area contributed by atoms with E-state index in [0.717, 1.165) is 17.0 Å². The fourth-order valence-electron chi connectivity index (χ4n) is 5.77. The Morgan fingerprint density at radius 3 is 2.14 bits per heavy atom. The highest BCUT2D eigenvalue weighted by atomic mass is 16.5. The second kappa shape index (κ2) is 9.03. The van der Waals surface area contributed by atoms with E-state index in [0.29, 0.717) is 42.6 Å². The van der Waals surface area contributed by atoms with E-state index in [9.17, 15) is 19.5 Å². The summed E-state index contributed by atoms with van der Waals surface area (Å²) in [5, 5.41) is 9.46. The van der Waals surface area contributed by atoms with Crippen molar-refractivity contribution >= 4 is 17.5 Å². The Morgan fingerprint density at radius 2 is 1.63 bits per heavy atom. The summed E-state index contributed by atoms with van der Waals surface area (Å²) < 4.78 is 5.65. The Kier molecular flexibility index (Phi) is 6.40. The highest BCUT2D eigenvalue weighted by molar-refractivity contribution is 6.06. The highest BCUT2D eigenvalue weighted by Gasteiger charge is 2.48. The van der Waals surface area contributed by atoms with Gasteiger partial charge in [-0.3, -0.25) is 14.4 Å². The number of carbonyl (C=O) groups is 3. The lowest BCUT2D eigenvalue weighted by molar-refractivity contribution is -0.137. The number of carboxylic acids is 1. The van der Waals surface area contributed by atoms with E-state index < -0.39 is 11.9 Å². The Hall–Kier alpha value is -3.33. The number of allylic oxidation sites excluding steroid dienone is 4. The summed E-state index contributed by atoms with van der Waals surface area (Å²) in [6.45, 7) is 8.61. The van der Waals surface area contributed by atoms with Gasteiger partial charge >= 0.3 is 5.97 Å². The molecular formula is C29H33NO5. The van der Waals surface area contributed by atoms with Gasteiger partial charge in [-0.1, -0.05) is 45.7 Å². The average molecular weight is 476 g/mol. The zero-order valence-electron chi connectivity index (χ0n) is 20.9. The molecule has 3 aliphatic rings. The number of carbonyl (C=O) groups excluding carboxylic acids is 2. The first-order valence-corrected chi connectivity index (χ1v) is 12.1. The van der Waals surface area contributed by atoms with Gasteiger partial charge in [-0.15, -0.1) is 6.42 Å². The first-order valence-electron chi connectivity index (χ1n) is 12.1. The van der Waals surface area contributed by atoms with E-state index >= 15 is 0 Å². The maximum absolute atomic E-state index is 13.7. The van der Waals surface area contributed by atoms with Crippen molar-refractivity contribution in [3.63, 3.8) is 0 Å². The largest absolute Gasteiger partial charge is 0.481 e. The van der Waals surface area contributed by atoms with Crippen molar-refractivity contribution < 1.29 is 24.2 Å². The number of terminal acetylenes is 1. The Labute approximate surface area is 207 Å². The Morgan fingerprint density at radius 1 is 1.06 bits per heavy atom. The van der Waals surface area contributed by atoms with Crippen LogP contribution in [0, 0.1) is 23.2 Å². The molecule has 1 heterocycles. The van der Waals surface area contributed by atoms with Crippen molar-refractivity contribution in [2.45, 2.75) is 65.7 Å². The van der Waals surface area contributed by atoms with Gasteiger partial charge in [0.05, 0.1) is 6.42 Å². The lowest BCUT2D eigenvalue weighted by Crippen LogP contribution is -2.45. The van der Waals surface area contributed by atoms with E-state index in [1.807, 2.05) is 29.2 Å². The van der Waals surface area contributed by atoms with Crippen LogP contribution < -0.4 is 4.74 Å². The molecule has 2 aliphatic carbocycles. The molecule has 0 atom stereocenters. The van der Waals surface area contributed by atoms with Crippen LogP contribution in [0.5, 0.6) is 5.75 Å². The number of ketones is 2. The van der Waals surface area contributed by atoms with Crippen LogP contribution in [0.15, 0.2) is 46.8 Å². The van der Waals surface area contributed by atoms with Gasteiger partial charge < -0.3 is 14.7 Å². The van der Waals surface area contributed by atoms with Crippen LogP contribution in [-0.4, -0.2) is 40.7 Å². The lowest BCUT2D eigenvalue weighted by Gasteiger charge is -2.49. The normalized spacial score (nSPS) is 21.4. The van der Waals surface area contributed by atoms with Crippen molar-refractivity contribution in [3.8, 4) is 18.1 Å². The van der Waals surface area contributed by atoms with Gasteiger partial charge in [0.15, 0.2) is 11.6 Å². The van der Waals surface area contributed by atoms with Gasteiger partial charge in [-0.25, -0.2) is 0 Å². The molecule has 0 fully saturated rings. The number of ether oxygens (including phenoxy) is 1. The molecule has 1 aromatic carbocycles. The molecule has 6 nitrogen and oxygen atoms in total. The van der Waals surface area contributed by atoms with E-state index in [1.165, 1.54) is 0 Å². The minimum Gasteiger partial charge on any atom is -0.481 e. The minimum atomic E-state index is -0.905. The molecule has 0 spiro atoms. The van der Waals surface area contributed by atoms with Gasteiger partial charge in [0.25, 0.3) is 0 Å². The van der Waals surface area contributed by atoms with Crippen LogP contribution in [0.25, 0.3) is 0 Å². The fourth-order valence-corrected chi connectivity index (χ4v) is 5.77. The van der Waals surface area contributed by atoms with Gasteiger partial charge in [0, 0.05) is 47.8 Å². The fraction of sp³-hybridized carbons (Fsp3) is 0.483. The molecule has 1 aromatic rings. The van der Waals surface area contributed by atoms with Crippen molar-refractivity contribution in [2.75, 3.05) is 13.2 Å². The number of benzene rings is 1. The van der Waals surface area contributed by atoms with E-state index in [1.54, 1.807) is 0 Å². The molecular weight excluding hydrogens is 442 g/mol. The van der Waals surface area contributed by atoms with E-state index in [-0.39, 0.29) is 42.0 Å². The van der Waals surface area contributed by atoms with E-state index in [2.05, 4.69) is 33.6 Å². The SMILES string of the molecule is C#CCOc1cccc(C2C3=C(CC(C)(C)CC3=O)N(CCC(=O)O)C3=C2C(=O)CC(C)(C)C3)c1. The first-order chi connectivity index (χ1) is 16.4. The van der Waals surface area contributed by atoms with Crippen LogP contribution in [0.2, 0.25) is 0 Å². The molecule has 0 saturated heterocycles. The molecule has 0 bridgehead atoms. The summed E-state index contributed by atoms with van der Waals surface area (Å²) in [6, 6.07) is 7.46. The highest BCUT2D eigenvalue weighted by Crippen LogP contribution is 2.54. The predicted molar refractivity (Wildman–Crippen MR) is 133 cm³/mol. The van der Waals surface area contributed by atoms with Crippen molar-refractivity contribution in [1.82, 2.24) is 4.90 Å². The third-order valence-electron chi connectivity index (χ3n) is 7.08.